The molecule has 1 N–H and O–H groups in total. The Kier molecular flexibility index (Phi) is 5.74. The zero-order valence-electron chi connectivity index (χ0n) is 10.2. The number of carboxylic acids is 1. The van der Waals surface area contributed by atoms with E-state index < -0.39 is 22.6 Å². The summed E-state index contributed by atoms with van der Waals surface area (Å²) in [5.74, 6) is -1.10. The second kappa shape index (κ2) is 6.85. The number of sulfonamides is 1. The van der Waals surface area contributed by atoms with Crippen LogP contribution in [-0.4, -0.2) is 50.6 Å². The van der Waals surface area contributed by atoms with Crippen LogP contribution in [0.25, 0.3) is 0 Å². The fourth-order valence-electron chi connectivity index (χ4n) is 1.29. The zero-order chi connectivity index (χ0) is 14.5. The van der Waals surface area contributed by atoms with E-state index in [1.807, 2.05) is 0 Å². The molecule has 0 atom stereocenters. The van der Waals surface area contributed by atoms with E-state index in [2.05, 4.69) is 0 Å². The molecule has 0 bridgehead atoms. The normalized spacial score (nSPS) is 11.7. The summed E-state index contributed by atoms with van der Waals surface area (Å²) in [6.07, 6.45) is 0. The van der Waals surface area contributed by atoms with E-state index in [0.717, 1.165) is 4.31 Å². The van der Waals surface area contributed by atoms with Gasteiger partial charge >= 0.3 is 5.97 Å². The van der Waals surface area contributed by atoms with Crippen molar-refractivity contribution in [2.75, 3.05) is 26.8 Å². The minimum Gasteiger partial charge on any atom is -0.480 e. The third-order valence-corrected chi connectivity index (χ3v) is 4.66. The van der Waals surface area contributed by atoms with Gasteiger partial charge < -0.3 is 9.84 Å². The highest BCUT2D eigenvalue weighted by atomic mass is 35.5. The van der Waals surface area contributed by atoms with Gasteiger partial charge in [0.2, 0.25) is 10.0 Å². The summed E-state index contributed by atoms with van der Waals surface area (Å²) in [7, 11) is -2.32. The molecule has 0 aliphatic heterocycles. The van der Waals surface area contributed by atoms with Crippen molar-refractivity contribution in [3.05, 3.63) is 29.3 Å². The average molecular weight is 308 g/mol. The number of hydrogen-bond acceptors (Lipinski definition) is 4. The molecule has 0 aromatic heterocycles. The van der Waals surface area contributed by atoms with Crippen molar-refractivity contribution in [1.29, 1.82) is 0 Å². The standard InChI is InChI=1S/C11H14ClNO5S/c1-13(6-7-18-8-11(14)15)19(16,17)10-5-3-2-4-9(10)12/h2-5H,6-8H2,1H3,(H,14,15). The van der Waals surface area contributed by atoms with Gasteiger partial charge in [0.15, 0.2) is 0 Å². The summed E-state index contributed by atoms with van der Waals surface area (Å²) in [6, 6.07) is 6.11. The first-order valence-corrected chi connectivity index (χ1v) is 7.18. The Morgan fingerprint density at radius 3 is 2.63 bits per heavy atom. The lowest BCUT2D eigenvalue weighted by Crippen LogP contribution is -2.31. The van der Waals surface area contributed by atoms with Crippen molar-refractivity contribution >= 4 is 27.6 Å². The lowest BCUT2D eigenvalue weighted by molar-refractivity contribution is -0.142. The maximum absolute atomic E-state index is 12.2. The molecule has 19 heavy (non-hydrogen) atoms. The van der Waals surface area contributed by atoms with Gasteiger partial charge in [-0.2, -0.15) is 4.31 Å². The van der Waals surface area contributed by atoms with Crippen molar-refractivity contribution in [3.63, 3.8) is 0 Å². The number of aliphatic carboxylic acids is 1. The monoisotopic (exact) mass is 307 g/mol. The van der Waals surface area contributed by atoms with Crippen LogP contribution in [0, 0.1) is 0 Å². The van der Waals surface area contributed by atoms with Crippen LogP contribution in [0.3, 0.4) is 0 Å². The van der Waals surface area contributed by atoms with Crippen LogP contribution < -0.4 is 0 Å². The molecule has 0 saturated carbocycles. The molecule has 6 nitrogen and oxygen atoms in total. The summed E-state index contributed by atoms with van der Waals surface area (Å²) < 4.78 is 30.2. The first-order chi connectivity index (χ1) is 8.85. The van der Waals surface area contributed by atoms with Crippen LogP contribution in [0.2, 0.25) is 5.02 Å². The summed E-state index contributed by atoms with van der Waals surface area (Å²) in [4.78, 5) is 10.2. The summed E-state index contributed by atoms with van der Waals surface area (Å²) >= 11 is 5.84. The van der Waals surface area contributed by atoms with Gasteiger partial charge in [0.05, 0.1) is 11.6 Å². The van der Waals surface area contributed by atoms with Crippen LogP contribution in [0.5, 0.6) is 0 Å². The Hall–Kier alpha value is -1.15. The summed E-state index contributed by atoms with van der Waals surface area (Å²) in [6.45, 7) is -0.423. The number of hydrogen-bond donors (Lipinski definition) is 1. The molecule has 0 heterocycles. The lowest BCUT2D eigenvalue weighted by Gasteiger charge is -2.17. The Morgan fingerprint density at radius 2 is 2.05 bits per heavy atom. The van der Waals surface area contributed by atoms with E-state index in [1.54, 1.807) is 12.1 Å². The Bertz CT molecular complexity index is 546. The zero-order valence-corrected chi connectivity index (χ0v) is 11.8. The maximum Gasteiger partial charge on any atom is 0.329 e. The van der Waals surface area contributed by atoms with E-state index >= 15 is 0 Å². The molecule has 0 fully saturated rings. The average Bonchev–Trinajstić information content (AvgIpc) is 2.34. The molecule has 1 aromatic carbocycles. The lowest BCUT2D eigenvalue weighted by atomic mass is 10.4. The van der Waals surface area contributed by atoms with Gasteiger partial charge in [0.25, 0.3) is 0 Å². The van der Waals surface area contributed by atoms with Crippen LogP contribution in [0.1, 0.15) is 0 Å². The maximum atomic E-state index is 12.2. The molecule has 1 aromatic rings. The molecular weight excluding hydrogens is 294 g/mol. The SMILES string of the molecule is CN(CCOCC(=O)O)S(=O)(=O)c1ccccc1Cl. The number of carboxylic acid groups (broad SMARTS) is 1. The third-order valence-electron chi connectivity index (χ3n) is 2.30. The minimum absolute atomic E-state index is 0.00746. The van der Waals surface area contributed by atoms with Gasteiger partial charge in [-0.1, -0.05) is 23.7 Å². The smallest absolute Gasteiger partial charge is 0.329 e. The van der Waals surface area contributed by atoms with E-state index in [1.165, 1.54) is 19.2 Å². The number of rotatable bonds is 7. The van der Waals surface area contributed by atoms with Crippen LogP contribution in [0.4, 0.5) is 0 Å². The molecule has 0 amide bonds. The molecule has 1 rings (SSSR count). The van der Waals surface area contributed by atoms with Gasteiger partial charge in [-0.15, -0.1) is 0 Å². The van der Waals surface area contributed by atoms with Crippen LogP contribution >= 0.6 is 11.6 Å². The Balaban J connectivity index is 2.68. The fraction of sp³-hybridized carbons (Fsp3) is 0.364. The molecule has 0 radical (unpaired) electrons. The van der Waals surface area contributed by atoms with E-state index in [0.29, 0.717) is 0 Å². The van der Waals surface area contributed by atoms with Crippen molar-refractivity contribution in [3.8, 4) is 0 Å². The fourth-order valence-corrected chi connectivity index (χ4v) is 2.94. The molecule has 0 aliphatic carbocycles. The topological polar surface area (TPSA) is 83.9 Å². The van der Waals surface area contributed by atoms with Gasteiger partial charge in [-0.3, -0.25) is 0 Å². The van der Waals surface area contributed by atoms with E-state index in [-0.39, 0.29) is 23.1 Å². The van der Waals surface area contributed by atoms with E-state index in [4.69, 9.17) is 21.4 Å². The molecular formula is C11H14ClNO5S. The molecule has 8 heteroatoms. The predicted octanol–water partition coefficient (Wildman–Crippen LogP) is 1.06. The van der Waals surface area contributed by atoms with Gasteiger partial charge in [-0.05, 0) is 12.1 Å². The highest BCUT2D eigenvalue weighted by Gasteiger charge is 2.22. The number of benzene rings is 1. The molecule has 0 spiro atoms. The molecule has 0 aliphatic rings. The van der Waals surface area contributed by atoms with Crippen molar-refractivity contribution in [1.82, 2.24) is 4.31 Å². The van der Waals surface area contributed by atoms with Crippen molar-refractivity contribution in [2.45, 2.75) is 4.90 Å². The molecule has 0 saturated heterocycles. The highest BCUT2D eigenvalue weighted by Crippen LogP contribution is 2.23. The van der Waals surface area contributed by atoms with Crippen LogP contribution in [-0.2, 0) is 19.6 Å². The number of halogens is 1. The predicted molar refractivity (Wildman–Crippen MR) is 69.7 cm³/mol. The van der Waals surface area contributed by atoms with Crippen LogP contribution in [0.15, 0.2) is 29.2 Å². The first-order valence-electron chi connectivity index (χ1n) is 5.36. The van der Waals surface area contributed by atoms with E-state index in [9.17, 15) is 13.2 Å². The van der Waals surface area contributed by atoms with Gasteiger partial charge in [0, 0.05) is 13.6 Å². The second-order valence-corrected chi connectivity index (χ2v) is 6.12. The highest BCUT2D eigenvalue weighted by molar-refractivity contribution is 7.89. The number of ether oxygens (including phenoxy) is 1. The quantitative estimate of drug-likeness (QED) is 0.762. The number of nitrogens with zero attached hydrogens (tertiary/aromatic N) is 1. The summed E-state index contributed by atoms with van der Waals surface area (Å²) in [5.41, 5.74) is 0. The third kappa shape index (κ3) is 4.46. The Morgan fingerprint density at radius 1 is 1.42 bits per heavy atom. The molecule has 106 valence electrons. The molecule has 0 unspecified atom stereocenters. The second-order valence-electron chi connectivity index (χ2n) is 3.70. The summed E-state index contributed by atoms with van der Waals surface area (Å²) in [5, 5.41) is 8.52. The van der Waals surface area contributed by atoms with Gasteiger partial charge in [-0.25, -0.2) is 13.2 Å². The van der Waals surface area contributed by atoms with Gasteiger partial charge in [0.1, 0.15) is 11.5 Å². The van der Waals surface area contributed by atoms with Crippen molar-refractivity contribution in [2.24, 2.45) is 0 Å². The Labute approximate surface area is 116 Å². The minimum atomic E-state index is -3.70. The van der Waals surface area contributed by atoms with Crippen molar-refractivity contribution < 1.29 is 23.1 Å². The first kappa shape index (κ1) is 15.9. The largest absolute Gasteiger partial charge is 0.480 e. The number of carbonyl (C=O) groups is 1. The number of likely N-dealkylation sites (N-methyl/N-ethyl adjacent to an activating group) is 1.